The Hall–Kier alpha value is -1.00. The minimum Gasteiger partial charge on any atom is -0.478 e. The van der Waals surface area contributed by atoms with Gasteiger partial charge in [-0.05, 0) is 36.8 Å². The number of hydrogen-bond donors (Lipinski definition) is 2. The third kappa shape index (κ3) is 3.98. The molecule has 0 aromatic heterocycles. The molecule has 0 bridgehead atoms. The summed E-state index contributed by atoms with van der Waals surface area (Å²) in [6.45, 7) is 0.753. The molecule has 2 atom stereocenters. The summed E-state index contributed by atoms with van der Waals surface area (Å²) >= 11 is 1.94. The van der Waals surface area contributed by atoms with E-state index in [2.05, 4.69) is 11.6 Å². The summed E-state index contributed by atoms with van der Waals surface area (Å²) < 4.78 is 0. The first-order valence-corrected chi connectivity index (χ1v) is 8.08. The molecule has 2 unspecified atom stereocenters. The van der Waals surface area contributed by atoms with E-state index in [1.165, 1.54) is 25.7 Å². The van der Waals surface area contributed by atoms with Crippen molar-refractivity contribution in [1.82, 2.24) is 5.32 Å². The van der Waals surface area contributed by atoms with E-state index in [1.54, 1.807) is 12.1 Å². The van der Waals surface area contributed by atoms with Gasteiger partial charge in [-0.1, -0.05) is 25.0 Å². The van der Waals surface area contributed by atoms with Crippen molar-refractivity contribution in [3.8, 4) is 0 Å². The van der Waals surface area contributed by atoms with Gasteiger partial charge in [0.25, 0.3) is 0 Å². The summed E-state index contributed by atoms with van der Waals surface area (Å²) in [6.07, 6.45) is 7.32. The Morgan fingerprint density at radius 3 is 2.95 bits per heavy atom. The molecule has 1 saturated carbocycles. The Labute approximate surface area is 118 Å². The van der Waals surface area contributed by atoms with Gasteiger partial charge in [0, 0.05) is 17.8 Å². The molecule has 0 aliphatic heterocycles. The fourth-order valence-electron chi connectivity index (χ4n) is 2.68. The standard InChI is InChI=1S/C15H21NO2S/c1-19-14-8-3-2-7-13(14)16-10-11-5-4-6-12(9-11)15(17)18/h4-6,9,13-14,16H,2-3,7-8,10H2,1H3,(H,17,18). The number of rotatable bonds is 5. The second kappa shape index (κ2) is 6.96. The average molecular weight is 279 g/mol. The first-order chi connectivity index (χ1) is 9.20. The fraction of sp³-hybridized carbons (Fsp3) is 0.533. The van der Waals surface area contributed by atoms with Crippen LogP contribution in [-0.2, 0) is 6.54 Å². The van der Waals surface area contributed by atoms with Crippen molar-refractivity contribution in [3.63, 3.8) is 0 Å². The van der Waals surface area contributed by atoms with Crippen LogP contribution < -0.4 is 5.32 Å². The Morgan fingerprint density at radius 2 is 2.21 bits per heavy atom. The van der Waals surface area contributed by atoms with Gasteiger partial charge in [0.1, 0.15) is 0 Å². The molecular weight excluding hydrogens is 258 g/mol. The summed E-state index contributed by atoms with van der Waals surface area (Å²) in [5, 5.41) is 13.3. The van der Waals surface area contributed by atoms with Gasteiger partial charge in [0.05, 0.1) is 5.56 Å². The van der Waals surface area contributed by atoms with Crippen LogP contribution in [0.2, 0.25) is 0 Å². The maximum absolute atomic E-state index is 10.9. The van der Waals surface area contributed by atoms with Crippen molar-refractivity contribution in [2.45, 2.75) is 43.5 Å². The maximum Gasteiger partial charge on any atom is 0.335 e. The number of thioether (sulfide) groups is 1. The van der Waals surface area contributed by atoms with Crippen molar-refractivity contribution in [2.75, 3.05) is 6.26 Å². The van der Waals surface area contributed by atoms with E-state index >= 15 is 0 Å². The predicted molar refractivity (Wildman–Crippen MR) is 79.8 cm³/mol. The molecule has 0 radical (unpaired) electrons. The van der Waals surface area contributed by atoms with Crippen LogP contribution in [0.5, 0.6) is 0 Å². The number of benzene rings is 1. The number of aromatic carboxylic acids is 1. The van der Waals surface area contributed by atoms with Gasteiger partial charge < -0.3 is 10.4 Å². The number of carbonyl (C=O) groups is 1. The van der Waals surface area contributed by atoms with Crippen LogP contribution in [0.4, 0.5) is 0 Å². The molecular formula is C15H21NO2S. The molecule has 3 nitrogen and oxygen atoms in total. The number of carboxylic acids is 1. The molecule has 19 heavy (non-hydrogen) atoms. The molecule has 1 aliphatic carbocycles. The van der Waals surface area contributed by atoms with E-state index in [9.17, 15) is 4.79 Å². The fourth-order valence-corrected chi connectivity index (χ4v) is 3.64. The van der Waals surface area contributed by atoms with E-state index in [0.717, 1.165) is 12.1 Å². The summed E-state index contributed by atoms with van der Waals surface area (Å²) in [6, 6.07) is 7.74. The number of hydrogen-bond acceptors (Lipinski definition) is 3. The van der Waals surface area contributed by atoms with E-state index < -0.39 is 5.97 Å². The second-order valence-corrected chi connectivity index (χ2v) is 6.13. The van der Waals surface area contributed by atoms with E-state index in [0.29, 0.717) is 16.9 Å². The van der Waals surface area contributed by atoms with Crippen molar-refractivity contribution < 1.29 is 9.90 Å². The van der Waals surface area contributed by atoms with Crippen LogP contribution in [0.25, 0.3) is 0 Å². The van der Waals surface area contributed by atoms with Crippen LogP contribution in [0, 0.1) is 0 Å². The smallest absolute Gasteiger partial charge is 0.335 e. The molecule has 1 aromatic rings. The van der Waals surface area contributed by atoms with Gasteiger partial charge in [0.2, 0.25) is 0 Å². The van der Waals surface area contributed by atoms with Crippen LogP contribution in [0.15, 0.2) is 24.3 Å². The van der Waals surface area contributed by atoms with Crippen LogP contribution in [0.3, 0.4) is 0 Å². The lowest BCUT2D eigenvalue weighted by Gasteiger charge is -2.31. The van der Waals surface area contributed by atoms with Gasteiger partial charge >= 0.3 is 5.97 Å². The minimum atomic E-state index is -0.860. The summed E-state index contributed by atoms with van der Waals surface area (Å²) in [5.41, 5.74) is 1.41. The highest BCUT2D eigenvalue weighted by Crippen LogP contribution is 2.27. The van der Waals surface area contributed by atoms with Crippen LogP contribution >= 0.6 is 11.8 Å². The molecule has 1 aliphatic rings. The monoisotopic (exact) mass is 279 g/mol. The minimum absolute atomic E-state index is 0.365. The van der Waals surface area contributed by atoms with E-state index in [-0.39, 0.29) is 0 Å². The first kappa shape index (κ1) is 14.4. The summed E-state index contributed by atoms with van der Waals surface area (Å²) in [4.78, 5) is 10.9. The van der Waals surface area contributed by atoms with Gasteiger partial charge in [-0.3, -0.25) is 0 Å². The zero-order chi connectivity index (χ0) is 13.7. The van der Waals surface area contributed by atoms with Gasteiger partial charge in [-0.2, -0.15) is 11.8 Å². The van der Waals surface area contributed by atoms with Gasteiger partial charge in [-0.15, -0.1) is 0 Å². The molecule has 1 fully saturated rings. The largest absolute Gasteiger partial charge is 0.478 e. The number of carboxylic acid groups (broad SMARTS) is 1. The Morgan fingerprint density at radius 1 is 1.42 bits per heavy atom. The summed E-state index contributed by atoms with van der Waals surface area (Å²) in [7, 11) is 0. The van der Waals surface area contributed by atoms with E-state index in [1.807, 2.05) is 23.9 Å². The molecule has 0 saturated heterocycles. The van der Waals surface area contributed by atoms with Gasteiger partial charge in [0.15, 0.2) is 0 Å². The number of nitrogens with one attached hydrogen (secondary N) is 1. The molecule has 104 valence electrons. The Kier molecular flexibility index (Phi) is 5.28. The third-order valence-corrected chi connectivity index (χ3v) is 4.92. The quantitative estimate of drug-likeness (QED) is 0.869. The maximum atomic E-state index is 10.9. The lowest BCUT2D eigenvalue weighted by Crippen LogP contribution is -2.39. The van der Waals surface area contributed by atoms with Crippen LogP contribution in [-0.4, -0.2) is 28.6 Å². The zero-order valence-electron chi connectivity index (χ0n) is 11.3. The molecule has 2 N–H and O–H groups in total. The zero-order valence-corrected chi connectivity index (χ0v) is 12.1. The lowest BCUT2D eigenvalue weighted by molar-refractivity contribution is 0.0696. The topological polar surface area (TPSA) is 49.3 Å². The average Bonchev–Trinajstić information content (AvgIpc) is 2.45. The normalized spacial score (nSPS) is 23.2. The lowest BCUT2D eigenvalue weighted by atomic mass is 9.94. The van der Waals surface area contributed by atoms with Crippen molar-refractivity contribution in [2.24, 2.45) is 0 Å². The van der Waals surface area contributed by atoms with Crippen molar-refractivity contribution in [3.05, 3.63) is 35.4 Å². The molecule has 0 amide bonds. The second-order valence-electron chi connectivity index (χ2n) is 5.05. The van der Waals surface area contributed by atoms with Crippen molar-refractivity contribution in [1.29, 1.82) is 0 Å². The van der Waals surface area contributed by atoms with E-state index in [4.69, 9.17) is 5.11 Å². The highest BCUT2D eigenvalue weighted by atomic mass is 32.2. The first-order valence-electron chi connectivity index (χ1n) is 6.79. The molecule has 0 spiro atoms. The summed E-state index contributed by atoms with van der Waals surface area (Å²) in [5.74, 6) is -0.860. The van der Waals surface area contributed by atoms with Crippen LogP contribution in [0.1, 0.15) is 41.6 Å². The Balaban J connectivity index is 1.94. The molecule has 0 heterocycles. The van der Waals surface area contributed by atoms with Crippen molar-refractivity contribution >= 4 is 17.7 Å². The Bertz CT molecular complexity index is 436. The predicted octanol–water partition coefficient (Wildman–Crippen LogP) is 3.15. The SMILES string of the molecule is CSC1CCCCC1NCc1cccc(C(=O)O)c1. The highest BCUT2D eigenvalue weighted by molar-refractivity contribution is 7.99. The third-order valence-electron chi connectivity index (χ3n) is 3.75. The molecule has 1 aromatic carbocycles. The molecule has 2 rings (SSSR count). The molecule has 4 heteroatoms. The highest BCUT2D eigenvalue weighted by Gasteiger charge is 2.23. The van der Waals surface area contributed by atoms with Gasteiger partial charge in [-0.25, -0.2) is 4.79 Å².